The fraction of sp³-hybridized carbons (Fsp3) is 0.217. The maximum Gasteiger partial charge on any atom is 0.331 e. The molecular formula is C23H22F2N2O2. The molecule has 0 fully saturated rings. The number of ether oxygens (including phenoxy) is 1. The molecule has 0 aliphatic heterocycles. The minimum Gasteiger partial charge on any atom is -0.458 e. The van der Waals surface area contributed by atoms with Crippen molar-refractivity contribution in [3.63, 3.8) is 0 Å². The van der Waals surface area contributed by atoms with Crippen LogP contribution in [0.25, 0.3) is 6.08 Å². The zero-order chi connectivity index (χ0) is 21.0. The van der Waals surface area contributed by atoms with Crippen molar-refractivity contribution in [3.8, 4) is 0 Å². The normalized spacial score (nSPS) is 11.2. The monoisotopic (exact) mass is 396 g/mol. The van der Waals surface area contributed by atoms with E-state index in [-0.39, 0.29) is 12.2 Å². The van der Waals surface area contributed by atoms with Gasteiger partial charge in [-0.3, -0.25) is 4.68 Å². The van der Waals surface area contributed by atoms with Gasteiger partial charge in [-0.1, -0.05) is 42.0 Å². The van der Waals surface area contributed by atoms with Crippen molar-refractivity contribution in [2.75, 3.05) is 0 Å². The van der Waals surface area contributed by atoms with E-state index in [1.54, 1.807) is 6.08 Å². The van der Waals surface area contributed by atoms with E-state index in [4.69, 9.17) is 4.74 Å². The van der Waals surface area contributed by atoms with Crippen molar-refractivity contribution >= 4 is 12.0 Å². The molecule has 0 N–H and O–H groups in total. The molecule has 1 heterocycles. The summed E-state index contributed by atoms with van der Waals surface area (Å²) < 4.78 is 33.7. The molecule has 29 heavy (non-hydrogen) atoms. The molecule has 150 valence electrons. The van der Waals surface area contributed by atoms with Gasteiger partial charge in [0.15, 0.2) is 11.6 Å². The Morgan fingerprint density at radius 2 is 1.83 bits per heavy atom. The molecule has 0 unspecified atom stereocenters. The summed E-state index contributed by atoms with van der Waals surface area (Å²) in [5.74, 6) is -2.62. The van der Waals surface area contributed by atoms with Gasteiger partial charge in [-0.05, 0) is 38.5 Å². The zero-order valence-electron chi connectivity index (χ0n) is 16.6. The molecule has 0 spiro atoms. The fourth-order valence-electron chi connectivity index (χ4n) is 2.98. The van der Waals surface area contributed by atoms with E-state index in [0.29, 0.717) is 6.54 Å². The average molecular weight is 396 g/mol. The molecule has 0 aliphatic rings. The highest BCUT2D eigenvalue weighted by atomic mass is 19.2. The van der Waals surface area contributed by atoms with Crippen LogP contribution in [-0.4, -0.2) is 15.7 Å². The molecule has 4 nitrogen and oxygen atoms in total. The number of halogens is 2. The lowest BCUT2D eigenvalue weighted by molar-refractivity contribution is -0.139. The number of hydrogen-bond acceptors (Lipinski definition) is 3. The van der Waals surface area contributed by atoms with E-state index < -0.39 is 17.6 Å². The first-order chi connectivity index (χ1) is 13.8. The summed E-state index contributed by atoms with van der Waals surface area (Å²) in [6.45, 7) is 6.13. The van der Waals surface area contributed by atoms with Gasteiger partial charge >= 0.3 is 5.97 Å². The smallest absolute Gasteiger partial charge is 0.331 e. The SMILES string of the molecule is Cc1ccc(Cn2nc(C)c(C=CC(=O)OCc3cccc(F)c3F)c2C)cc1. The first kappa shape index (κ1) is 20.5. The summed E-state index contributed by atoms with van der Waals surface area (Å²) in [6.07, 6.45) is 2.90. The van der Waals surface area contributed by atoms with Crippen molar-refractivity contribution < 1.29 is 18.3 Å². The topological polar surface area (TPSA) is 44.1 Å². The molecule has 0 saturated carbocycles. The molecule has 0 atom stereocenters. The van der Waals surface area contributed by atoms with Crippen LogP contribution in [-0.2, 0) is 22.7 Å². The standard InChI is InChI=1S/C23H22F2N2O2/c1-15-7-9-18(10-8-15)13-27-17(3)20(16(2)26-27)11-12-22(28)29-14-19-5-4-6-21(24)23(19)25/h4-12H,13-14H2,1-3H3. The second kappa shape index (κ2) is 8.82. The Balaban J connectivity index is 1.66. The third-order valence-corrected chi connectivity index (χ3v) is 4.68. The third-order valence-electron chi connectivity index (χ3n) is 4.68. The summed E-state index contributed by atoms with van der Waals surface area (Å²) in [5.41, 5.74) is 4.85. The second-order valence-electron chi connectivity index (χ2n) is 6.88. The Bertz CT molecular complexity index is 1050. The van der Waals surface area contributed by atoms with Gasteiger partial charge < -0.3 is 4.74 Å². The van der Waals surface area contributed by atoms with E-state index in [2.05, 4.69) is 29.4 Å². The summed E-state index contributed by atoms with van der Waals surface area (Å²) in [6, 6.07) is 12.0. The Kier molecular flexibility index (Phi) is 6.22. The van der Waals surface area contributed by atoms with Gasteiger partial charge in [0.1, 0.15) is 6.61 Å². The van der Waals surface area contributed by atoms with Gasteiger partial charge in [0.2, 0.25) is 0 Å². The lowest BCUT2D eigenvalue weighted by Crippen LogP contribution is -2.04. The Morgan fingerprint density at radius 3 is 2.55 bits per heavy atom. The largest absolute Gasteiger partial charge is 0.458 e. The Labute approximate surface area is 168 Å². The van der Waals surface area contributed by atoms with E-state index in [0.717, 1.165) is 28.6 Å². The number of aryl methyl sites for hydroxylation is 2. The van der Waals surface area contributed by atoms with Gasteiger partial charge in [-0.2, -0.15) is 5.10 Å². The van der Waals surface area contributed by atoms with Gasteiger partial charge in [-0.15, -0.1) is 0 Å². The quantitative estimate of drug-likeness (QED) is 0.440. The number of carbonyl (C=O) groups excluding carboxylic acids is 1. The lowest BCUT2D eigenvalue weighted by Gasteiger charge is -2.05. The van der Waals surface area contributed by atoms with Crippen LogP contribution in [0.1, 0.15) is 33.6 Å². The molecule has 0 aliphatic carbocycles. The van der Waals surface area contributed by atoms with E-state index in [9.17, 15) is 13.6 Å². The predicted molar refractivity (Wildman–Crippen MR) is 107 cm³/mol. The van der Waals surface area contributed by atoms with Gasteiger partial charge in [0.25, 0.3) is 0 Å². The highest BCUT2D eigenvalue weighted by Gasteiger charge is 2.12. The van der Waals surface area contributed by atoms with Crippen LogP contribution in [0.15, 0.2) is 48.5 Å². The lowest BCUT2D eigenvalue weighted by atomic mass is 10.1. The van der Waals surface area contributed by atoms with Crippen LogP contribution in [0.2, 0.25) is 0 Å². The summed E-state index contributed by atoms with van der Waals surface area (Å²) >= 11 is 0. The molecule has 6 heteroatoms. The predicted octanol–water partition coefficient (Wildman–Crippen LogP) is 4.89. The molecule has 3 rings (SSSR count). The first-order valence-electron chi connectivity index (χ1n) is 9.22. The van der Waals surface area contributed by atoms with E-state index in [1.165, 1.54) is 23.8 Å². The Hall–Kier alpha value is -3.28. The molecular weight excluding hydrogens is 374 g/mol. The molecule has 0 radical (unpaired) electrons. The molecule has 0 amide bonds. The maximum absolute atomic E-state index is 13.6. The molecule has 0 bridgehead atoms. The highest BCUT2D eigenvalue weighted by Crippen LogP contribution is 2.17. The van der Waals surface area contributed by atoms with E-state index >= 15 is 0 Å². The number of carbonyl (C=O) groups is 1. The van der Waals surface area contributed by atoms with Crippen LogP contribution in [0, 0.1) is 32.4 Å². The maximum atomic E-state index is 13.6. The number of hydrogen-bond donors (Lipinski definition) is 0. The van der Waals surface area contributed by atoms with Crippen LogP contribution < -0.4 is 0 Å². The first-order valence-corrected chi connectivity index (χ1v) is 9.22. The van der Waals surface area contributed by atoms with Crippen molar-refractivity contribution in [2.24, 2.45) is 0 Å². The summed E-state index contributed by atoms with van der Waals surface area (Å²) in [7, 11) is 0. The molecule has 2 aromatic carbocycles. The second-order valence-corrected chi connectivity index (χ2v) is 6.88. The fourth-order valence-corrected chi connectivity index (χ4v) is 2.98. The third kappa shape index (κ3) is 4.96. The van der Waals surface area contributed by atoms with Crippen molar-refractivity contribution in [3.05, 3.63) is 93.8 Å². The van der Waals surface area contributed by atoms with Crippen LogP contribution in [0.4, 0.5) is 8.78 Å². The molecule has 0 saturated heterocycles. The molecule has 3 aromatic rings. The average Bonchev–Trinajstić information content (AvgIpc) is 2.96. The summed E-state index contributed by atoms with van der Waals surface area (Å²) in [4.78, 5) is 12.0. The zero-order valence-corrected chi connectivity index (χ0v) is 16.6. The molecule has 1 aromatic heterocycles. The highest BCUT2D eigenvalue weighted by molar-refractivity contribution is 5.87. The summed E-state index contributed by atoms with van der Waals surface area (Å²) in [5, 5.41) is 4.54. The van der Waals surface area contributed by atoms with Gasteiger partial charge in [0.05, 0.1) is 12.2 Å². The number of nitrogens with zero attached hydrogens (tertiary/aromatic N) is 2. The Morgan fingerprint density at radius 1 is 1.10 bits per heavy atom. The van der Waals surface area contributed by atoms with E-state index in [1.807, 2.05) is 25.5 Å². The number of benzene rings is 2. The van der Waals surface area contributed by atoms with Crippen molar-refractivity contribution in [1.29, 1.82) is 0 Å². The van der Waals surface area contributed by atoms with Crippen LogP contribution in [0.5, 0.6) is 0 Å². The van der Waals surface area contributed by atoms with Crippen molar-refractivity contribution in [1.82, 2.24) is 9.78 Å². The number of aromatic nitrogens is 2. The van der Waals surface area contributed by atoms with Gasteiger partial charge in [-0.25, -0.2) is 13.6 Å². The van der Waals surface area contributed by atoms with Crippen LogP contribution >= 0.6 is 0 Å². The minimum atomic E-state index is -1.01. The number of rotatable bonds is 6. The van der Waals surface area contributed by atoms with Crippen molar-refractivity contribution in [2.45, 2.75) is 33.9 Å². The minimum absolute atomic E-state index is 0.00923. The van der Waals surface area contributed by atoms with Gasteiger partial charge in [0, 0.05) is 22.9 Å². The van der Waals surface area contributed by atoms with Crippen LogP contribution in [0.3, 0.4) is 0 Å². The number of esters is 1.